The Hall–Kier alpha value is -1.82. The summed E-state index contributed by atoms with van der Waals surface area (Å²) in [6.45, 7) is 3.62. The molecule has 6 nitrogen and oxygen atoms in total. The fourth-order valence-electron chi connectivity index (χ4n) is 2.11. The molecule has 98 valence electrons. The number of hydrogen-bond donors (Lipinski definition) is 2. The number of anilines is 2. The first kappa shape index (κ1) is 12.6. The minimum Gasteiger partial charge on any atom is -0.397 e. The number of nitrogens with one attached hydrogen (secondary N) is 1. The van der Waals surface area contributed by atoms with Gasteiger partial charge in [-0.05, 0) is 19.4 Å². The van der Waals surface area contributed by atoms with E-state index in [4.69, 9.17) is 10.5 Å². The van der Waals surface area contributed by atoms with Crippen LogP contribution in [0.5, 0.6) is 0 Å². The molecule has 2 rings (SSSR count). The standard InChI is InChI=1S/C12H17N3O3/c1-8-9(4-5-18-8)7-14-12-3-2-10(15(16)17)6-11(12)13/h2-3,6,8-9,14H,4-5,7,13H2,1H3. The van der Waals surface area contributed by atoms with E-state index in [1.807, 2.05) is 0 Å². The Balaban J connectivity index is 1.99. The highest BCUT2D eigenvalue weighted by atomic mass is 16.6. The summed E-state index contributed by atoms with van der Waals surface area (Å²) >= 11 is 0. The Labute approximate surface area is 105 Å². The van der Waals surface area contributed by atoms with Crippen LogP contribution in [0.4, 0.5) is 17.1 Å². The van der Waals surface area contributed by atoms with Gasteiger partial charge in [0.05, 0.1) is 22.4 Å². The molecule has 1 aromatic carbocycles. The summed E-state index contributed by atoms with van der Waals surface area (Å²) in [6.07, 6.45) is 1.28. The van der Waals surface area contributed by atoms with Crippen molar-refractivity contribution in [2.45, 2.75) is 19.4 Å². The maximum Gasteiger partial charge on any atom is 0.271 e. The largest absolute Gasteiger partial charge is 0.397 e. The average Bonchev–Trinajstić information content (AvgIpc) is 2.73. The zero-order valence-corrected chi connectivity index (χ0v) is 10.3. The van der Waals surface area contributed by atoms with E-state index in [0.717, 1.165) is 25.3 Å². The predicted molar refractivity (Wildman–Crippen MR) is 69.5 cm³/mol. The summed E-state index contributed by atoms with van der Waals surface area (Å²) in [4.78, 5) is 10.1. The summed E-state index contributed by atoms with van der Waals surface area (Å²) in [6, 6.07) is 4.47. The van der Waals surface area contributed by atoms with Gasteiger partial charge < -0.3 is 15.8 Å². The number of nitrogens with two attached hydrogens (primary N) is 1. The first-order valence-electron chi connectivity index (χ1n) is 5.97. The van der Waals surface area contributed by atoms with E-state index in [-0.39, 0.29) is 11.8 Å². The molecule has 1 aromatic rings. The lowest BCUT2D eigenvalue weighted by molar-refractivity contribution is -0.384. The van der Waals surface area contributed by atoms with Gasteiger partial charge in [0.25, 0.3) is 5.69 Å². The zero-order valence-electron chi connectivity index (χ0n) is 10.3. The van der Waals surface area contributed by atoms with Crippen LogP contribution in [0.2, 0.25) is 0 Å². The lowest BCUT2D eigenvalue weighted by Gasteiger charge is -2.16. The molecular formula is C12H17N3O3. The highest BCUT2D eigenvalue weighted by Crippen LogP contribution is 2.26. The van der Waals surface area contributed by atoms with Gasteiger partial charge >= 0.3 is 0 Å². The van der Waals surface area contributed by atoms with E-state index in [1.165, 1.54) is 12.1 Å². The van der Waals surface area contributed by atoms with Crippen molar-refractivity contribution in [1.29, 1.82) is 0 Å². The van der Waals surface area contributed by atoms with Gasteiger partial charge in [-0.3, -0.25) is 10.1 Å². The molecule has 6 heteroatoms. The number of rotatable bonds is 4. The van der Waals surface area contributed by atoms with Crippen LogP contribution in [-0.2, 0) is 4.74 Å². The molecule has 2 unspecified atom stereocenters. The molecule has 18 heavy (non-hydrogen) atoms. The molecule has 1 aliphatic rings. The van der Waals surface area contributed by atoms with Crippen LogP contribution in [0.25, 0.3) is 0 Å². The fraction of sp³-hybridized carbons (Fsp3) is 0.500. The second-order valence-electron chi connectivity index (χ2n) is 4.53. The van der Waals surface area contributed by atoms with Gasteiger partial charge in [0.1, 0.15) is 0 Å². The van der Waals surface area contributed by atoms with Gasteiger partial charge in [-0.15, -0.1) is 0 Å². The molecular weight excluding hydrogens is 234 g/mol. The van der Waals surface area contributed by atoms with Crippen LogP contribution < -0.4 is 11.1 Å². The van der Waals surface area contributed by atoms with Crippen molar-refractivity contribution >= 4 is 17.1 Å². The third-order valence-corrected chi connectivity index (χ3v) is 3.33. The lowest BCUT2D eigenvalue weighted by Crippen LogP contribution is -2.21. The van der Waals surface area contributed by atoms with Crippen molar-refractivity contribution in [3.63, 3.8) is 0 Å². The number of nitrogen functional groups attached to an aromatic ring is 1. The quantitative estimate of drug-likeness (QED) is 0.485. The number of nitro groups is 1. The Kier molecular flexibility index (Phi) is 3.66. The summed E-state index contributed by atoms with van der Waals surface area (Å²) in [5.74, 6) is 0.458. The zero-order chi connectivity index (χ0) is 13.1. The predicted octanol–water partition coefficient (Wildman–Crippen LogP) is 2.01. The fourth-order valence-corrected chi connectivity index (χ4v) is 2.11. The van der Waals surface area contributed by atoms with Gasteiger partial charge in [0.15, 0.2) is 0 Å². The number of ether oxygens (including phenoxy) is 1. The number of nitrogens with zero attached hydrogens (tertiary/aromatic N) is 1. The van der Waals surface area contributed by atoms with Crippen molar-refractivity contribution in [2.75, 3.05) is 24.2 Å². The van der Waals surface area contributed by atoms with Crippen LogP contribution in [0.3, 0.4) is 0 Å². The van der Waals surface area contributed by atoms with Crippen molar-refractivity contribution < 1.29 is 9.66 Å². The van der Waals surface area contributed by atoms with E-state index in [0.29, 0.717) is 11.6 Å². The van der Waals surface area contributed by atoms with Gasteiger partial charge in [-0.25, -0.2) is 0 Å². The van der Waals surface area contributed by atoms with Crippen LogP contribution in [-0.4, -0.2) is 24.2 Å². The van der Waals surface area contributed by atoms with Crippen LogP contribution in [0.15, 0.2) is 18.2 Å². The van der Waals surface area contributed by atoms with E-state index < -0.39 is 4.92 Å². The van der Waals surface area contributed by atoms with Gasteiger partial charge in [-0.2, -0.15) is 0 Å². The SMILES string of the molecule is CC1OCCC1CNc1ccc([N+](=O)[O-])cc1N. The molecule has 2 atom stereocenters. The second kappa shape index (κ2) is 5.22. The molecule has 1 aliphatic heterocycles. The number of benzene rings is 1. The Morgan fingerprint density at radius 2 is 2.39 bits per heavy atom. The minimum absolute atomic E-state index is 0.00983. The molecule has 1 fully saturated rings. The van der Waals surface area contributed by atoms with Crippen molar-refractivity contribution in [2.24, 2.45) is 5.92 Å². The number of hydrogen-bond acceptors (Lipinski definition) is 5. The third kappa shape index (κ3) is 2.70. The maximum absolute atomic E-state index is 10.6. The average molecular weight is 251 g/mol. The first-order chi connectivity index (χ1) is 8.58. The molecule has 0 amide bonds. The van der Waals surface area contributed by atoms with Crippen LogP contribution in [0, 0.1) is 16.0 Å². The Morgan fingerprint density at radius 1 is 1.61 bits per heavy atom. The summed E-state index contributed by atoms with van der Waals surface area (Å²) < 4.78 is 5.47. The molecule has 0 saturated carbocycles. The van der Waals surface area contributed by atoms with Crippen LogP contribution >= 0.6 is 0 Å². The van der Waals surface area contributed by atoms with E-state index in [2.05, 4.69) is 12.2 Å². The first-order valence-corrected chi connectivity index (χ1v) is 5.97. The second-order valence-corrected chi connectivity index (χ2v) is 4.53. The molecule has 3 N–H and O–H groups in total. The molecule has 0 aliphatic carbocycles. The van der Waals surface area contributed by atoms with Crippen LogP contribution in [0.1, 0.15) is 13.3 Å². The Morgan fingerprint density at radius 3 is 2.94 bits per heavy atom. The summed E-state index contributed by atoms with van der Waals surface area (Å²) in [7, 11) is 0. The van der Waals surface area contributed by atoms with Gasteiger partial charge in [0.2, 0.25) is 0 Å². The molecule has 1 heterocycles. The topological polar surface area (TPSA) is 90.4 Å². The monoisotopic (exact) mass is 251 g/mol. The third-order valence-electron chi connectivity index (χ3n) is 3.33. The highest BCUT2D eigenvalue weighted by molar-refractivity contribution is 5.69. The maximum atomic E-state index is 10.6. The van der Waals surface area contributed by atoms with Gasteiger partial charge in [0, 0.05) is 31.2 Å². The normalized spacial score (nSPS) is 22.9. The minimum atomic E-state index is -0.451. The number of nitro benzene ring substituents is 1. The summed E-state index contributed by atoms with van der Waals surface area (Å²) in [5, 5.41) is 13.8. The van der Waals surface area contributed by atoms with Crippen molar-refractivity contribution in [3.8, 4) is 0 Å². The number of non-ortho nitro benzene ring substituents is 1. The summed E-state index contributed by atoms with van der Waals surface area (Å²) in [5.41, 5.74) is 6.92. The molecule has 0 spiro atoms. The molecule has 0 bridgehead atoms. The van der Waals surface area contributed by atoms with E-state index in [1.54, 1.807) is 6.07 Å². The lowest BCUT2D eigenvalue weighted by atomic mass is 10.0. The van der Waals surface area contributed by atoms with Crippen molar-refractivity contribution in [1.82, 2.24) is 0 Å². The highest BCUT2D eigenvalue weighted by Gasteiger charge is 2.23. The van der Waals surface area contributed by atoms with Gasteiger partial charge in [-0.1, -0.05) is 0 Å². The van der Waals surface area contributed by atoms with E-state index >= 15 is 0 Å². The smallest absolute Gasteiger partial charge is 0.271 e. The van der Waals surface area contributed by atoms with Crippen molar-refractivity contribution in [3.05, 3.63) is 28.3 Å². The molecule has 1 saturated heterocycles. The Bertz CT molecular complexity index is 450. The molecule has 0 aromatic heterocycles. The van der Waals surface area contributed by atoms with E-state index in [9.17, 15) is 10.1 Å². The molecule has 0 radical (unpaired) electrons.